The summed E-state index contributed by atoms with van der Waals surface area (Å²) in [6.07, 6.45) is 3.92. The number of hydrogen-bond donors (Lipinski definition) is 1. The SMILES string of the molecule is CC1CCC(C(C)(C)C(C)C)C(N)C1. The molecule has 1 heteroatoms. The molecule has 0 aromatic carbocycles. The van der Waals surface area contributed by atoms with Gasteiger partial charge in [0.15, 0.2) is 0 Å². The van der Waals surface area contributed by atoms with Gasteiger partial charge in [0.1, 0.15) is 0 Å². The predicted octanol–water partition coefficient (Wildman–Crippen LogP) is 3.43. The first-order valence-electron chi connectivity index (χ1n) is 6.11. The van der Waals surface area contributed by atoms with E-state index in [2.05, 4.69) is 34.6 Å². The van der Waals surface area contributed by atoms with Gasteiger partial charge in [0.2, 0.25) is 0 Å². The summed E-state index contributed by atoms with van der Waals surface area (Å²) in [6, 6.07) is 0.427. The molecule has 0 spiro atoms. The topological polar surface area (TPSA) is 26.0 Å². The van der Waals surface area contributed by atoms with Gasteiger partial charge in [-0.2, -0.15) is 0 Å². The fraction of sp³-hybridized carbons (Fsp3) is 1.00. The Balaban J connectivity index is 2.68. The second-order valence-corrected chi connectivity index (χ2v) is 6.16. The third-order valence-electron chi connectivity index (χ3n) is 4.61. The van der Waals surface area contributed by atoms with Crippen LogP contribution in [0, 0.1) is 23.2 Å². The van der Waals surface area contributed by atoms with Crippen molar-refractivity contribution in [1.82, 2.24) is 0 Å². The highest BCUT2D eigenvalue weighted by Crippen LogP contribution is 2.43. The molecule has 1 fully saturated rings. The van der Waals surface area contributed by atoms with E-state index >= 15 is 0 Å². The van der Waals surface area contributed by atoms with Gasteiger partial charge in [-0.05, 0) is 36.0 Å². The summed E-state index contributed by atoms with van der Waals surface area (Å²) in [4.78, 5) is 0. The second kappa shape index (κ2) is 4.22. The smallest absolute Gasteiger partial charge is 0.00748 e. The molecule has 1 saturated carbocycles. The number of rotatable bonds is 2. The van der Waals surface area contributed by atoms with E-state index in [0.717, 1.165) is 17.8 Å². The Bertz CT molecular complexity index is 184. The maximum absolute atomic E-state index is 6.29. The Hall–Kier alpha value is -0.0400. The molecule has 1 rings (SSSR count). The summed E-state index contributed by atoms with van der Waals surface area (Å²) in [5, 5.41) is 0. The van der Waals surface area contributed by atoms with Crippen molar-refractivity contribution >= 4 is 0 Å². The van der Waals surface area contributed by atoms with E-state index in [1.54, 1.807) is 0 Å². The third-order valence-corrected chi connectivity index (χ3v) is 4.61. The second-order valence-electron chi connectivity index (χ2n) is 6.16. The van der Waals surface area contributed by atoms with Gasteiger partial charge in [-0.1, -0.05) is 41.0 Å². The molecule has 14 heavy (non-hydrogen) atoms. The molecule has 84 valence electrons. The van der Waals surface area contributed by atoms with Crippen LogP contribution in [0.1, 0.15) is 53.9 Å². The van der Waals surface area contributed by atoms with E-state index < -0.39 is 0 Å². The highest BCUT2D eigenvalue weighted by Gasteiger charge is 2.38. The van der Waals surface area contributed by atoms with Gasteiger partial charge in [0.05, 0.1) is 0 Å². The Morgan fingerprint density at radius 2 is 1.79 bits per heavy atom. The molecular formula is C13H27N. The minimum Gasteiger partial charge on any atom is -0.327 e. The van der Waals surface area contributed by atoms with Crippen molar-refractivity contribution in [3.05, 3.63) is 0 Å². The average molecular weight is 197 g/mol. The fourth-order valence-electron chi connectivity index (χ4n) is 2.78. The average Bonchev–Trinajstić information content (AvgIpc) is 2.02. The zero-order chi connectivity index (χ0) is 10.9. The Morgan fingerprint density at radius 1 is 1.21 bits per heavy atom. The first kappa shape index (κ1) is 12.0. The molecule has 1 nitrogen and oxygen atoms in total. The minimum atomic E-state index is 0.402. The first-order valence-corrected chi connectivity index (χ1v) is 6.11. The van der Waals surface area contributed by atoms with Crippen LogP contribution in [0.4, 0.5) is 0 Å². The van der Waals surface area contributed by atoms with Gasteiger partial charge < -0.3 is 5.73 Å². The molecule has 3 unspecified atom stereocenters. The van der Waals surface area contributed by atoms with Gasteiger partial charge >= 0.3 is 0 Å². The highest BCUT2D eigenvalue weighted by atomic mass is 14.7. The van der Waals surface area contributed by atoms with Gasteiger partial charge in [0, 0.05) is 6.04 Å². The first-order chi connectivity index (χ1) is 6.35. The zero-order valence-corrected chi connectivity index (χ0v) is 10.5. The van der Waals surface area contributed by atoms with Crippen LogP contribution in [-0.4, -0.2) is 6.04 Å². The maximum Gasteiger partial charge on any atom is 0.00748 e. The largest absolute Gasteiger partial charge is 0.327 e. The van der Waals surface area contributed by atoms with Crippen LogP contribution in [0.15, 0.2) is 0 Å². The molecule has 0 aromatic heterocycles. The van der Waals surface area contributed by atoms with Crippen LogP contribution in [0.5, 0.6) is 0 Å². The summed E-state index contributed by atoms with van der Waals surface area (Å²) < 4.78 is 0. The van der Waals surface area contributed by atoms with Crippen molar-refractivity contribution in [2.45, 2.75) is 59.9 Å². The van der Waals surface area contributed by atoms with Crippen molar-refractivity contribution in [2.24, 2.45) is 28.9 Å². The van der Waals surface area contributed by atoms with Crippen molar-refractivity contribution in [2.75, 3.05) is 0 Å². The molecule has 0 aliphatic heterocycles. The molecule has 2 N–H and O–H groups in total. The van der Waals surface area contributed by atoms with E-state index in [9.17, 15) is 0 Å². The predicted molar refractivity (Wildman–Crippen MR) is 63.1 cm³/mol. The number of nitrogens with two attached hydrogens (primary N) is 1. The molecular weight excluding hydrogens is 170 g/mol. The fourth-order valence-corrected chi connectivity index (χ4v) is 2.78. The van der Waals surface area contributed by atoms with Crippen molar-refractivity contribution in [3.8, 4) is 0 Å². The summed E-state index contributed by atoms with van der Waals surface area (Å²) >= 11 is 0. The third kappa shape index (κ3) is 2.31. The lowest BCUT2D eigenvalue weighted by Crippen LogP contribution is -2.45. The molecule has 1 aliphatic rings. The highest BCUT2D eigenvalue weighted by molar-refractivity contribution is 4.91. The standard InChI is InChI=1S/C13H27N/c1-9(2)13(4,5)11-7-6-10(3)8-12(11)14/h9-12H,6-8,14H2,1-5H3. The monoisotopic (exact) mass is 197 g/mol. The molecule has 0 bridgehead atoms. The van der Waals surface area contributed by atoms with Crippen LogP contribution in [0.3, 0.4) is 0 Å². The summed E-state index contributed by atoms with van der Waals surface area (Å²) in [6.45, 7) is 11.8. The summed E-state index contributed by atoms with van der Waals surface area (Å²) in [5.74, 6) is 2.29. The van der Waals surface area contributed by atoms with E-state index in [-0.39, 0.29) is 0 Å². The lowest BCUT2D eigenvalue weighted by molar-refractivity contribution is 0.0702. The number of hydrogen-bond acceptors (Lipinski definition) is 1. The van der Waals surface area contributed by atoms with Crippen LogP contribution < -0.4 is 5.73 Å². The summed E-state index contributed by atoms with van der Waals surface area (Å²) in [7, 11) is 0. The lowest BCUT2D eigenvalue weighted by atomic mass is 9.62. The molecule has 0 saturated heterocycles. The van der Waals surface area contributed by atoms with Crippen molar-refractivity contribution < 1.29 is 0 Å². The van der Waals surface area contributed by atoms with Crippen molar-refractivity contribution in [3.63, 3.8) is 0 Å². The van der Waals surface area contributed by atoms with Crippen LogP contribution >= 0.6 is 0 Å². The lowest BCUT2D eigenvalue weighted by Gasteiger charge is -2.45. The normalized spacial score (nSPS) is 34.9. The van der Waals surface area contributed by atoms with Gasteiger partial charge in [0.25, 0.3) is 0 Å². The Labute approximate surface area is 89.5 Å². The Morgan fingerprint density at radius 3 is 2.21 bits per heavy atom. The van der Waals surface area contributed by atoms with Crippen LogP contribution in [-0.2, 0) is 0 Å². The van der Waals surface area contributed by atoms with E-state index in [4.69, 9.17) is 5.73 Å². The van der Waals surface area contributed by atoms with Crippen LogP contribution in [0.25, 0.3) is 0 Å². The van der Waals surface area contributed by atoms with E-state index in [1.165, 1.54) is 19.3 Å². The van der Waals surface area contributed by atoms with Crippen LogP contribution in [0.2, 0.25) is 0 Å². The quantitative estimate of drug-likeness (QED) is 0.721. The maximum atomic E-state index is 6.29. The summed E-state index contributed by atoms with van der Waals surface area (Å²) in [5.41, 5.74) is 6.70. The molecule has 1 aliphatic carbocycles. The molecule has 0 amide bonds. The van der Waals surface area contributed by atoms with Crippen molar-refractivity contribution in [1.29, 1.82) is 0 Å². The molecule has 0 radical (unpaired) electrons. The van der Waals surface area contributed by atoms with Gasteiger partial charge in [-0.15, -0.1) is 0 Å². The van der Waals surface area contributed by atoms with Gasteiger partial charge in [-0.25, -0.2) is 0 Å². The van der Waals surface area contributed by atoms with E-state index in [1.807, 2.05) is 0 Å². The molecule has 0 heterocycles. The Kier molecular flexibility index (Phi) is 3.63. The minimum absolute atomic E-state index is 0.402. The molecule has 3 atom stereocenters. The molecule has 0 aromatic rings. The van der Waals surface area contributed by atoms with E-state index in [0.29, 0.717) is 11.5 Å². The van der Waals surface area contributed by atoms with Gasteiger partial charge in [-0.3, -0.25) is 0 Å². The zero-order valence-electron chi connectivity index (χ0n) is 10.5.